The molecule has 0 saturated carbocycles. The Morgan fingerprint density at radius 3 is 2.72 bits per heavy atom. The first-order valence-electron chi connectivity index (χ1n) is 5.72. The second kappa shape index (κ2) is 6.30. The van der Waals surface area contributed by atoms with Gasteiger partial charge in [0.05, 0.1) is 4.99 Å². The molecule has 3 N–H and O–H groups in total. The van der Waals surface area contributed by atoms with Crippen molar-refractivity contribution in [2.24, 2.45) is 5.73 Å². The summed E-state index contributed by atoms with van der Waals surface area (Å²) in [6.07, 6.45) is 1.90. The molecule has 0 radical (unpaired) electrons. The Balaban J connectivity index is 2.89. The van der Waals surface area contributed by atoms with E-state index in [0.29, 0.717) is 24.5 Å². The van der Waals surface area contributed by atoms with Crippen LogP contribution in [0.2, 0.25) is 0 Å². The zero-order valence-electron chi connectivity index (χ0n) is 10.5. The predicted molar refractivity (Wildman–Crippen MR) is 74.8 cm³/mol. The van der Waals surface area contributed by atoms with Gasteiger partial charge in [-0.1, -0.05) is 12.2 Å². The van der Waals surface area contributed by atoms with E-state index in [1.807, 2.05) is 6.92 Å². The number of nitrogens with zero attached hydrogens (tertiary/aromatic N) is 1. The van der Waals surface area contributed by atoms with E-state index in [0.717, 1.165) is 5.69 Å². The Morgan fingerprint density at radius 2 is 2.22 bits per heavy atom. The van der Waals surface area contributed by atoms with Gasteiger partial charge in [-0.3, -0.25) is 9.59 Å². The van der Waals surface area contributed by atoms with Crippen LogP contribution in [0.3, 0.4) is 0 Å². The van der Waals surface area contributed by atoms with Gasteiger partial charge in [0.25, 0.3) is 5.91 Å². The molecule has 0 unspecified atom stereocenters. The van der Waals surface area contributed by atoms with Gasteiger partial charge in [0.15, 0.2) is 5.43 Å². The van der Waals surface area contributed by atoms with Crippen LogP contribution in [0.1, 0.15) is 29.4 Å². The number of H-pyrrole nitrogens is 1. The molecule has 1 aromatic rings. The van der Waals surface area contributed by atoms with E-state index in [-0.39, 0.29) is 16.9 Å². The minimum atomic E-state index is -0.296. The number of aryl methyl sites for hydroxylation is 1. The van der Waals surface area contributed by atoms with Crippen LogP contribution in [0.4, 0.5) is 0 Å². The Labute approximate surface area is 111 Å². The summed E-state index contributed by atoms with van der Waals surface area (Å²) in [6, 6.07) is 1.41. The van der Waals surface area contributed by atoms with Crippen molar-refractivity contribution < 1.29 is 4.79 Å². The molecule has 1 aromatic heterocycles. The lowest BCUT2D eigenvalue weighted by atomic mass is 10.2. The molecule has 6 heteroatoms. The maximum Gasteiger partial charge on any atom is 0.259 e. The lowest BCUT2D eigenvalue weighted by Crippen LogP contribution is -2.36. The summed E-state index contributed by atoms with van der Waals surface area (Å²) >= 11 is 4.78. The second-order valence-corrected chi connectivity index (χ2v) is 4.52. The highest BCUT2D eigenvalue weighted by molar-refractivity contribution is 7.80. The molecule has 0 fully saturated rings. The van der Waals surface area contributed by atoms with Gasteiger partial charge in [-0.2, -0.15) is 0 Å². The monoisotopic (exact) mass is 267 g/mol. The van der Waals surface area contributed by atoms with E-state index in [1.165, 1.54) is 12.3 Å². The summed E-state index contributed by atoms with van der Waals surface area (Å²) in [5.41, 5.74) is 6.01. The van der Waals surface area contributed by atoms with Crippen molar-refractivity contribution in [1.82, 2.24) is 9.88 Å². The number of nitrogens with two attached hydrogens (primary N) is 1. The fourth-order valence-corrected chi connectivity index (χ4v) is 1.65. The van der Waals surface area contributed by atoms with E-state index in [1.54, 1.807) is 11.8 Å². The number of hydrogen-bond acceptors (Lipinski definition) is 3. The van der Waals surface area contributed by atoms with Gasteiger partial charge < -0.3 is 15.6 Å². The molecular formula is C12H17N3O2S. The molecule has 0 aliphatic heterocycles. The quantitative estimate of drug-likeness (QED) is 0.774. The Kier molecular flexibility index (Phi) is 5.03. The van der Waals surface area contributed by atoms with Crippen LogP contribution in [0, 0.1) is 6.92 Å². The van der Waals surface area contributed by atoms with Crippen LogP contribution in [0.5, 0.6) is 0 Å². The molecular weight excluding hydrogens is 250 g/mol. The van der Waals surface area contributed by atoms with Crippen LogP contribution in [0.15, 0.2) is 17.1 Å². The van der Waals surface area contributed by atoms with E-state index in [2.05, 4.69) is 4.98 Å². The van der Waals surface area contributed by atoms with Gasteiger partial charge in [-0.05, 0) is 13.8 Å². The number of carbonyl (C=O) groups excluding carboxylic acids is 1. The molecule has 0 spiro atoms. The molecule has 1 heterocycles. The van der Waals surface area contributed by atoms with Crippen molar-refractivity contribution in [3.63, 3.8) is 0 Å². The van der Waals surface area contributed by atoms with Crippen LogP contribution < -0.4 is 11.2 Å². The number of thiocarbonyl (C=S) groups is 1. The standard InChI is InChI=1S/C12H17N3O2S/c1-3-15(5-4-11(13)18)12(17)9-7-14-8(2)6-10(9)16/h6-7H,3-5H2,1-2H3,(H2,13,18)(H,14,16). The van der Waals surface area contributed by atoms with Crippen molar-refractivity contribution in [2.75, 3.05) is 13.1 Å². The molecule has 1 amide bonds. The van der Waals surface area contributed by atoms with Crippen LogP contribution in [-0.4, -0.2) is 33.9 Å². The fraction of sp³-hybridized carbons (Fsp3) is 0.417. The van der Waals surface area contributed by atoms with Gasteiger partial charge in [0.1, 0.15) is 5.56 Å². The normalized spacial score (nSPS) is 10.1. The van der Waals surface area contributed by atoms with Gasteiger partial charge in [-0.25, -0.2) is 0 Å². The van der Waals surface area contributed by atoms with Crippen LogP contribution in [0.25, 0.3) is 0 Å². The molecule has 5 nitrogen and oxygen atoms in total. The maximum atomic E-state index is 12.1. The van der Waals surface area contributed by atoms with Gasteiger partial charge >= 0.3 is 0 Å². The van der Waals surface area contributed by atoms with E-state index >= 15 is 0 Å². The summed E-state index contributed by atoms with van der Waals surface area (Å²) in [4.78, 5) is 28.6. The molecule has 1 rings (SSSR count). The summed E-state index contributed by atoms with van der Waals surface area (Å²) in [5, 5.41) is 0. The molecule has 0 aliphatic rings. The van der Waals surface area contributed by atoms with Crippen molar-refractivity contribution >= 4 is 23.1 Å². The summed E-state index contributed by atoms with van der Waals surface area (Å²) in [7, 11) is 0. The number of amides is 1. The molecule has 0 atom stereocenters. The number of nitrogens with one attached hydrogen (secondary N) is 1. The molecule has 18 heavy (non-hydrogen) atoms. The lowest BCUT2D eigenvalue weighted by Gasteiger charge is -2.20. The van der Waals surface area contributed by atoms with Crippen molar-refractivity contribution in [1.29, 1.82) is 0 Å². The number of aromatic amines is 1. The number of hydrogen-bond donors (Lipinski definition) is 2. The maximum absolute atomic E-state index is 12.1. The predicted octanol–water partition coefficient (Wildman–Crippen LogP) is 0.822. The van der Waals surface area contributed by atoms with E-state index in [4.69, 9.17) is 18.0 Å². The largest absolute Gasteiger partial charge is 0.393 e. The van der Waals surface area contributed by atoms with Crippen LogP contribution >= 0.6 is 12.2 Å². The van der Waals surface area contributed by atoms with Crippen molar-refractivity contribution in [3.05, 3.63) is 33.7 Å². The van der Waals surface area contributed by atoms with Gasteiger partial charge in [0, 0.05) is 37.5 Å². The molecule has 0 aliphatic carbocycles. The molecule has 98 valence electrons. The first kappa shape index (κ1) is 14.4. The van der Waals surface area contributed by atoms with Gasteiger partial charge in [-0.15, -0.1) is 0 Å². The minimum Gasteiger partial charge on any atom is -0.393 e. The summed E-state index contributed by atoms with van der Waals surface area (Å²) < 4.78 is 0. The zero-order valence-corrected chi connectivity index (χ0v) is 11.3. The van der Waals surface area contributed by atoms with Crippen molar-refractivity contribution in [2.45, 2.75) is 20.3 Å². The highest BCUT2D eigenvalue weighted by Crippen LogP contribution is 2.01. The molecule has 0 saturated heterocycles. The van der Waals surface area contributed by atoms with Gasteiger partial charge in [0.2, 0.25) is 0 Å². The number of pyridine rings is 1. The lowest BCUT2D eigenvalue weighted by molar-refractivity contribution is 0.0767. The van der Waals surface area contributed by atoms with Crippen LogP contribution in [-0.2, 0) is 0 Å². The zero-order chi connectivity index (χ0) is 13.7. The first-order valence-corrected chi connectivity index (χ1v) is 6.13. The first-order chi connectivity index (χ1) is 8.45. The Bertz CT molecular complexity index is 510. The SMILES string of the molecule is CCN(CCC(N)=S)C(=O)c1c[nH]c(C)cc1=O. The fourth-order valence-electron chi connectivity index (χ4n) is 1.56. The third-order valence-electron chi connectivity index (χ3n) is 2.58. The molecule has 0 bridgehead atoms. The average molecular weight is 267 g/mol. The third-order valence-corrected chi connectivity index (χ3v) is 2.79. The number of rotatable bonds is 5. The topological polar surface area (TPSA) is 79.2 Å². The minimum absolute atomic E-state index is 0.144. The molecule has 0 aromatic carbocycles. The Hall–Kier alpha value is -1.69. The number of aromatic nitrogens is 1. The van der Waals surface area contributed by atoms with E-state index in [9.17, 15) is 9.59 Å². The summed E-state index contributed by atoms with van der Waals surface area (Å²) in [6.45, 7) is 4.55. The van der Waals surface area contributed by atoms with E-state index < -0.39 is 0 Å². The smallest absolute Gasteiger partial charge is 0.259 e. The highest BCUT2D eigenvalue weighted by atomic mass is 32.1. The second-order valence-electron chi connectivity index (χ2n) is 4.00. The summed E-state index contributed by atoms with van der Waals surface area (Å²) in [5.74, 6) is -0.296. The Morgan fingerprint density at radius 1 is 1.56 bits per heavy atom. The third kappa shape index (κ3) is 3.66. The van der Waals surface area contributed by atoms with Crippen molar-refractivity contribution in [3.8, 4) is 0 Å². The number of carbonyl (C=O) groups is 1. The average Bonchev–Trinajstić information content (AvgIpc) is 2.29. The highest BCUT2D eigenvalue weighted by Gasteiger charge is 2.17.